The SMILES string of the molecule is CC(C)(C)c1ccc(OC(=O)N2C(=O)[C@](C)(C(=O)Oc3ccc(C(C)(C)C)cc3)c3ccccc32)cc1. The molecule has 3 aromatic rings. The Morgan fingerprint density at radius 2 is 1.16 bits per heavy atom. The lowest BCUT2D eigenvalue weighted by Gasteiger charge is -2.22. The first-order valence-corrected chi connectivity index (χ1v) is 12.3. The zero-order valence-electron chi connectivity index (χ0n) is 22.4. The van der Waals surface area contributed by atoms with E-state index in [1.54, 1.807) is 48.5 Å². The van der Waals surface area contributed by atoms with E-state index in [0.29, 0.717) is 22.7 Å². The molecule has 2 amide bonds. The summed E-state index contributed by atoms with van der Waals surface area (Å²) >= 11 is 0. The van der Waals surface area contributed by atoms with E-state index in [1.807, 2.05) is 24.3 Å². The quantitative estimate of drug-likeness (QED) is 0.228. The minimum atomic E-state index is -1.71. The Bertz CT molecular complexity index is 1340. The first kappa shape index (κ1) is 26.1. The van der Waals surface area contributed by atoms with Crippen LogP contribution in [0.3, 0.4) is 0 Å². The second-order valence-corrected chi connectivity index (χ2v) is 11.6. The second-order valence-electron chi connectivity index (χ2n) is 11.6. The van der Waals surface area contributed by atoms with E-state index in [2.05, 4.69) is 41.5 Å². The molecule has 0 fully saturated rings. The molecule has 0 unspecified atom stereocenters. The minimum Gasteiger partial charge on any atom is -0.425 e. The van der Waals surface area contributed by atoms with E-state index in [9.17, 15) is 14.4 Å². The maximum absolute atomic E-state index is 13.6. The third-order valence-corrected chi connectivity index (χ3v) is 6.76. The molecular weight excluding hydrogens is 466 g/mol. The van der Waals surface area contributed by atoms with E-state index >= 15 is 0 Å². The Kier molecular flexibility index (Phi) is 6.49. The number of carbonyl (C=O) groups is 3. The molecule has 0 saturated carbocycles. The Labute approximate surface area is 218 Å². The predicted octanol–water partition coefficient (Wildman–Crippen LogP) is 6.69. The molecule has 1 aliphatic rings. The molecule has 0 radical (unpaired) electrons. The van der Waals surface area contributed by atoms with Gasteiger partial charge < -0.3 is 9.47 Å². The molecule has 4 rings (SSSR count). The van der Waals surface area contributed by atoms with Gasteiger partial charge in [-0.2, -0.15) is 0 Å². The molecule has 0 aliphatic carbocycles. The highest BCUT2D eigenvalue weighted by Crippen LogP contribution is 2.43. The Hall–Kier alpha value is -3.93. The van der Waals surface area contributed by atoms with Gasteiger partial charge in [-0.15, -0.1) is 0 Å². The molecule has 192 valence electrons. The summed E-state index contributed by atoms with van der Waals surface area (Å²) in [7, 11) is 0. The molecule has 6 heteroatoms. The third-order valence-electron chi connectivity index (χ3n) is 6.76. The molecule has 1 aliphatic heterocycles. The van der Waals surface area contributed by atoms with Crippen LogP contribution < -0.4 is 14.4 Å². The number of hydrogen-bond acceptors (Lipinski definition) is 5. The van der Waals surface area contributed by atoms with E-state index in [-0.39, 0.29) is 10.8 Å². The van der Waals surface area contributed by atoms with Crippen molar-refractivity contribution < 1.29 is 23.9 Å². The van der Waals surface area contributed by atoms with E-state index in [1.165, 1.54) is 6.92 Å². The third kappa shape index (κ3) is 4.88. The van der Waals surface area contributed by atoms with Crippen molar-refractivity contribution in [3.05, 3.63) is 89.5 Å². The Morgan fingerprint density at radius 1 is 0.703 bits per heavy atom. The van der Waals surface area contributed by atoms with Crippen LogP contribution >= 0.6 is 0 Å². The smallest absolute Gasteiger partial charge is 0.425 e. The number of benzene rings is 3. The van der Waals surface area contributed by atoms with Crippen LogP contribution in [0, 0.1) is 0 Å². The topological polar surface area (TPSA) is 72.9 Å². The van der Waals surface area contributed by atoms with Crippen molar-refractivity contribution in [1.29, 1.82) is 0 Å². The molecule has 6 nitrogen and oxygen atoms in total. The summed E-state index contributed by atoms with van der Waals surface area (Å²) in [4.78, 5) is 41.2. The van der Waals surface area contributed by atoms with Crippen LogP contribution in [-0.4, -0.2) is 18.0 Å². The standard InChI is InChI=1S/C31H33NO5/c1-29(2,3)20-12-16-22(17-13-20)36-27(34)31(7)24-10-8-9-11-25(24)32(26(31)33)28(35)37-23-18-14-21(15-19-23)30(4,5)6/h8-19H,1-7H3/t31-/m1/s1. The molecule has 1 heterocycles. The van der Waals surface area contributed by atoms with Crippen LogP contribution in [0.2, 0.25) is 0 Å². The molecule has 0 spiro atoms. The highest BCUT2D eigenvalue weighted by molar-refractivity contribution is 6.28. The molecule has 0 N–H and O–H groups in total. The summed E-state index contributed by atoms with van der Waals surface area (Å²) in [5, 5.41) is 0. The average Bonchev–Trinajstić information content (AvgIpc) is 3.06. The second kappa shape index (κ2) is 9.18. The van der Waals surface area contributed by atoms with Crippen molar-refractivity contribution in [3.63, 3.8) is 0 Å². The summed E-state index contributed by atoms with van der Waals surface area (Å²) in [5.74, 6) is -0.859. The zero-order valence-corrected chi connectivity index (χ0v) is 22.4. The van der Waals surface area contributed by atoms with Gasteiger partial charge in [0.05, 0.1) is 5.69 Å². The number of rotatable bonds is 3. The number of para-hydroxylation sites is 1. The fraction of sp³-hybridized carbons (Fsp3) is 0.323. The number of carbonyl (C=O) groups excluding carboxylic acids is 3. The van der Waals surface area contributed by atoms with Crippen molar-refractivity contribution in [2.24, 2.45) is 0 Å². The number of anilines is 1. The van der Waals surface area contributed by atoms with Crippen LogP contribution in [0.15, 0.2) is 72.8 Å². The van der Waals surface area contributed by atoms with Gasteiger partial charge in [0.25, 0.3) is 5.91 Å². The molecule has 3 aromatic carbocycles. The van der Waals surface area contributed by atoms with E-state index in [4.69, 9.17) is 9.47 Å². The normalized spacial score (nSPS) is 17.4. The lowest BCUT2D eigenvalue weighted by molar-refractivity contribution is -0.144. The van der Waals surface area contributed by atoms with Crippen molar-refractivity contribution in [1.82, 2.24) is 0 Å². The largest absolute Gasteiger partial charge is 0.426 e. The van der Waals surface area contributed by atoms with E-state index < -0.39 is 23.4 Å². The zero-order chi connectivity index (χ0) is 27.2. The summed E-state index contributed by atoms with van der Waals surface area (Å²) in [6, 6.07) is 21.1. The average molecular weight is 500 g/mol. The van der Waals surface area contributed by atoms with E-state index in [0.717, 1.165) is 16.0 Å². The lowest BCUT2D eigenvalue weighted by atomic mass is 9.84. The lowest BCUT2D eigenvalue weighted by Crippen LogP contribution is -2.48. The van der Waals surface area contributed by atoms with Gasteiger partial charge in [-0.25, -0.2) is 9.69 Å². The van der Waals surface area contributed by atoms with Gasteiger partial charge in [0, 0.05) is 5.56 Å². The van der Waals surface area contributed by atoms with Crippen LogP contribution in [0.5, 0.6) is 11.5 Å². The van der Waals surface area contributed by atoms with Crippen LogP contribution in [0.4, 0.5) is 10.5 Å². The first-order chi connectivity index (χ1) is 17.2. The number of nitrogens with zero attached hydrogens (tertiary/aromatic N) is 1. The maximum Gasteiger partial charge on any atom is 0.426 e. The Balaban J connectivity index is 1.59. The Morgan fingerprint density at radius 3 is 1.65 bits per heavy atom. The molecule has 37 heavy (non-hydrogen) atoms. The maximum atomic E-state index is 13.6. The number of imide groups is 1. The minimum absolute atomic E-state index is 0.0528. The van der Waals surface area contributed by atoms with Gasteiger partial charge in [-0.05, 0) is 59.2 Å². The molecule has 0 saturated heterocycles. The van der Waals surface area contributed by atoms with Gasteiger partial charge in [-0.1, -0.05) is 84.0 Å². The number of esters is 1. The van der Waals surface area contributed by atoms with Crippen LogP contribution in [0.1, 0.15) is 65.2 Å². The van der Waals surface area contributed by atoms with Crippen LogP contribution in [0.25, 0.3) is 0 Å². The fourth-order valence-electron chi connectivity index (χ4n) is 4.32. The highest BCUT2D eigenvalue weighted by atomic mass is 16.6. The fourth-order valence-corrected chi connectivity index (χ4v) is 4.32. The monoisotopic (exact) mass is 499 g/mol. The van der Waals surface area contributed by atoms with Crippen molar-refractivity contribution in [3.8, 4) is 11.5 Å². The number of hydrogen-bond donors (Lipinski definition) is 0. The molecule has 0 aromatic heterocycles. The summed E-state index contributed by atoms with van der Waals surface area (Å²) in [6.07, 6.45) is -0.882. The first-order valence-electron chi connectivity index (χ1n) is 12.3. The van der Waals surface area contributed by atoms with Crippen molar-refractivity contribution in [2.75, 3.05) is 4.90 Å². The predicted molar refractivity (Wildman–Crippen MR) is 143 cm³/mol. The number of amides is 2. The summed E-state index contributed by atoms with van der Waals surface area (Å²) in [5.41, 5.74) is 1.03. The number of fused-ring (bicyclic) bond motifs is 1. The molecule has 0 bridgehead atoms. The van der Waals surface area contributed by atoms with Gasteiger partial charge in [0.2, 0.25) is 0 Å². The molecular formula is C31H33NO5. The van der Waals surface area contributed by atoms with Gasteiger partial charge in [0.15, 0.2) is 5.41 Å². The van der Waals surface area contributed by atoms with Crippen molar-refractivity contribution in [2.45, 2.75) is 64.7 Å². The molecule has 1 atom stereocenters. The highest BCUT2D eigenvalue weighted by Gasteiger charge is 2.56. The van der Waals surface area contributed by atoms with Crippen molar-refractivity contribution >= 4 is 23.7 Å². The van der Waals surface area contributed by atoms with Gasteiger partial charge in [0.1, 0.15) is 11.5 Å². The summed E-state index contributed by atoms with van der Waals surface area (Å²) in [6.45, 7) is 14.0. The van der Waals surface area contributed by atoms with Crippen LogP contribution in [-0.2, 0) is 25.8 Å². The number of ether oxygens (including phenoxy) is 2. The summed E-state index contributed by atoms with van der Waals surface area (Å²) < 4.78 is 11.2. The van der Waals surface area contributed by atoms with Gasteiger partial charge >= 0.3 is 12.1 Å². The van der Waals surface area contributed by atoms with Gasteiger partial charge in [-0.3, -0.25) is 9.59 Å².